The van der Waals surface area contributed by atoms with E-state index < -0.39 is 17.5 Å². The van der Waals surface area contributed by atoms with Gasteiger partial charge in [0.2, 0.25) is 0 Å². The van der Waals surface area contributed by atoms with Crippen molar-refractivity contribution in [3.05, 3.63) is 34.6 Å². The van der Waals surface area contributed by atoms with Crippen LogP contribution < -0.4 is 0 Å². The maximum absolute atomic E-state index is 12.9. The van der Waals surface area contributed by atoms with E-state index in [0.717, 1.165) is 6.07 Å². The third kappa shape index (κ3) is 2.68. The third-order valence-corrected chi connectivity index (χ3v) is 2.90. The van der Waals surface area contributed by atoms with Gasteiger partial charge in [0, 0.05) is 10.6 Å². The van der Waals surface area contributed by atoms with Gasteiger partial charge in [-0.15, -0.1) is 0 Å². The first-order chi connectivity index (χ1) is 6.88. The summed E-state index contributed by atoms with van der Waals surface area (Å²) in [7, 11) is 0. The van der Waals surface area contributed by atoms with Crippen LogP contribution in [0.4, 0.5) is 4.39 Å². The Morgan fingerprint density at radius 2 is 2.13 bits per heavy atom. The summed E-state index contributed by atoms with van der Waals surface area (Å²) in [5.41, 5.74) is -1.10. The van der Waals surface area contributed by atoms with E-state index >= 15 is 0 Å². The summed E-state index contributed by atoms with van der Waals surface area (Å²) in [5, 5.41) is 19.9. The van der Waals surface area contributed by atoms with E-state index in [1.807, 2.05) is 0 Å². The number of hydrogen-bond donors (Lipinski definition) is 2. The first-order valence-corrected chi connectivity index (χ1v) is 5.11. The fourth-order valence-electron chi connectivity index (χ4n) is 1.25. The number of aliphatic hydroxyl groups excluding tert-OH is 1. The van der Waals surface area contributed by atoms with E-state index in [-0.39, 0.29) is 10.6 Å². The smallest absolute Gasteiger partial charge is 0.123 e. The minimum Gasteiger partial charge on any atom is -0.387 e. The monoisotopic (exact) mass is 232 g/mol. The van der Waals surface area contributed by atoms with Crippen molar-refractivity contribution in [2.24, 2.45) is 0 Å². The summed E-state index contributed by atoms with van der Waals surface area (Å²) in [6.45, 7) is 3.22. The van der Waals surface area contributed by atoms with Crippen LogP contribution in [0.3, 0.4) is 0 Å². The van der Waals surface area contributed by atoms with Crippen LogP contribution in [0.1, 0.15) is 31.9 Å². The van der Waals surface area contributed by atoms with Crippen LogP contribution in [0.25, 0.3) is 0 Å². The molecule has 1 rings (SSSR count). The molecule has 0 radical (unpaired) electrons. The van der Waals surface area contributed by atoms with Crippen LogP contribution >= 0.6 is 11.6 Å². The van der Waals surface area contributed by atoms with Gasteiger partial charge in [-0.1, -0.05) is 18.5 Å². The molecule has 2 atom stereocenters. The summed E-state index contributed by atoms with van der Waals surface area (Å²) in [6.07, 6.45) is -0.841. The summed E-state index contributed by atoms with van der Waals surface area (Å²) in [5.74, 6) is -0.486. The standard InChI is InChI=1S/C11H14ClFO2/c1-3-11(2,15)10(14)8-6-7(13)4-5-9(8)12/h4-6,10,14-15H,3H2,1-2H3. The van der Waals surface area contributed by atoms with Crippen molar-refractivity contribution in [1.29, 1.82) is 0 Å². The molecular formula is C11H14ClFO2. The summed E-state index contributed by atoms with van der Waals surface area (Å²) in [6, 6.07) is 3.71. The normalized spacial score (nSPS) is 17.2. The quantitative estimate of drug-likeness (QED) is 0.841. The van der Waals surface area contributed by atoms with Gasteiger partial charge < -0.3 is 10.2 Å². The SMILES string of the molecule is CCC(C)(O)C(O)c1cc(F)ccc1Cl. The van der Waals surface area contributed by atoms with Gasteiger partial charge in [-0.25, -0.2) is 4.39 Å². The Bertz CT molecular complexity index is 352. The molecule has 84 valence electrons. The van der Waals surface area contributed by atoms with Crippen LogP contribution in [0, 0.1) is 5.82 Å². The van der Waals surface area contributed by atoms with Crippen molar-refractivity contribution < 1.29 is 14.6 Å². The van der Waals surface area contributed by atoms with Gasteiger partial charge in [-0.05, 0) is 31.5 Å². The van der Waals surface area contributed by atoms with Gasteiger partial charge in [0.15, 0.2) is 0 Å². The number of benzene rings is 1. The van der Waals surface area contributed by atoms with Gasteiger partial charge >= 0.3 is 0 Å². The largest absolute Gasteiger partial charge is 0.387 e. The molecule has 0 saturated heterocycles. The van der Waals surface area contributed by atoms with Gasteiger partial charge in [0.05, 0.1) is 5.60 Å². The number of halogens is 2. The van der Waals surface area contributed by atoms with E-state index in [4.69, 9.17) is 11.6 Å². The second-order valence-corrected chi connectivity index (χ2v) is 4.19. The Morgan fingerprint density at radius 1 is 1.53 bits per heavy atom. The first-order valence-electron chi connectivity index (χ1n) is 4.74. The zero-order valence-electron chi connectivity index (χ0n) is 8.67. The average Bonchev–Trinajstić information content (AvgIpc) is 2.20. The highest BCUT2D eigenvalue weighted by molar-refractivity contribution is 6.31. The Kier molecular flexibility index (Phi) is 3.71. The molecule has 0 aliphatic carbocycles. The van der Waals surface area contributed by atoms with Crippen molar-refractivity contribution in [2.75, 3.05) is 0 Å². The molecule has 2 unspecified atom stereocenters. The highest BCUT2D eigenvalue weighted by Gasteiger charge is 2.31. The van der Waals surface area contributed by atoms with Crippen LogP contribution in [0.15, 0.2) is 18.2 Å². The van der Waals surface area contributed by atoms with Crippen molar-refractivity contribution >= 4 is 11.6 Å². The maximum atomic E-state index is 12.9. The van der Waals surface area contributed by atoms with E-state index in [1.165, 1.54) is 19.1 Å². The lowest BCUT2D eigenvalue weighted by Gasteiger charge is -2.28. The average molecular weight is 233 g/mol. The van der Waals surface area contributed by atoms with Crippen molar-refractivity contribution in [2.45, 2.75) is 32.0 Å². The topological polar surface area (TPSA) is 40.5 Å². The molecule has 0 spiro atoms. The Labute approximate surface area is 93.3 Å². The predicted octanol–water partition coefficient (Wildman–Crippen LogP) is 2.67. The fourth-order valence-corrected chi connectivity index (χ4v) is 1.47. The molecule has 0 aliphatic heterocycles. The minimum atomic E-state index is -1.31. The zero-order chi connectivity index (χ0) is 11.6. The molecule has 0 bridgehead atoms. The highest BCUT2D eigenvalue weighted by Crippen LogP contribution is 2.33. The molecule has 0 aliphatic rings. The second kappa shape index (κ2) is 4.47. The van der Waals surface area contributed by atoms with Gasteiger partial charge in [-0.2, -0.15) is 0 Å². The summed E-state index contributed by atoms with van der Waals surface area (Å²) >= 11 is 5.82. The van der Waals surface area contributed by atoms with Crippen LogP contribution in [0.2, 0.25) is 5.02 Å². The second-order valence-electron chi connectivity index (χ2n) is 3.78. The van der Waals surface area contributed by atoms with Gasteiger partial charge in [-0.3, -0.25) is 0 Å². The molecular weight excluding hydrogens is 219 g/mol. The van der Waals surface area contributed by atoms with Crippen LogP contribution in [-0.4, -0.2) is 15.8 Å². The molecule has 0 amide bonds. The zero-order valence-corrected chi connectivity index (χ0v) is 9.42. The molecule has 0 saturated carbocycles. The Hall–Kier alpha value is -0.640. The highest BCUT2D eigenvalue weighted by atomic mass is 35.5. The molecule has 0 fully saturated rings. The first kappa shape index (κ1) is 12.4. The molecule has 1 aromatic rings. The lowest BCUT2D eigenvalue weighted by molar-refractivity contribution is -0.0659. The summed E-state index contributed by atoms with van der Waals surface area (Å²) < 4.78 is 12.9. The lowest BCUT2D eigenvalue weighted by Crippen LogP contribution is -2.32. The number of hydrogen-bond acceptors (Lipinski definition) is 2. The van der Waals surface area contributed by atoms with Crippen molar-refractivity contribution in [3.8, 4) is 0 Å². The van der Waals surface area contributed by atoms with E-state index in [1.54, 1.807) is 6.92 Å². The maximum Gasteiger partial charge on any atom is 0.123 e. The molecule has 4 heteroatoms. The predicted molar refractivity (Wildman–Crippen MR) is 57.3 cm³/mol. The summed E-state index contributed by atoms with van der Waals surface area (Å²) in [4.78, 5) is 0. The van der Waals surface area contributed by atoms with Gasteiger partial charge in [0.25, 0.3) is 0 Å². The fraction of sp³-hybridized carbons (Fsp3) is 0.455. The van der Waals surface area contributed by atoms with E-state index in [0.29, 0.717) is 6.42 Å². The van der Waals surface area contributed by atoms with Crippen LogP contribution in [0.5, 0.6) is 0 Å². The third-order valence-electron chi connectivity index (χ3n) is 2.56. The number of rotatable bonds is 3. The molecule has 0 aromatic heterocycles. The van der Waals surface area contributed by atoms with E-state index in [9.17, 15) is 14.6 Å². The molecule has 1 aromatic carbocycles. The Balaban J connectivity index is 3.10. The Morgan fingerprint density at radius 3 is 2.67 bits per heavy atom. The number of aliphatic hydroxyl groups is 2. The van der Waals surface area contributed by atoms with Gasteiger partial charge in [0.1, 0.15) is 11.9 Å². The van der Waals surface area contributed by atoms with Crippen molar-refractivity contribution in [1.82, 2.24) is 0 Å². The van der Waals surface area contributed by atoms with Crippen molar-refractivity contribution in [3.63, 3.8) is 0 Å². The van der Waals surface area contributed by atoms with E-state index in [2.05, 4.69) is 0 Å². The molecule has 0 heterocycles. The lowest BCUT2D eigenvalue weighted by atomic mass is 9.90. The molecule has 2 nitrogen and oxygen atoms in total. The van der Waals surface area contributed by atoms with Crippen LogP contribution in [-0.2, 0) is 0 Å². The molecule has 15 heavy (non-hydrogen) atoms. The molecule has 2 N–H and O–H groups in total. The minimum absolute atomic E-state index is 0.212.